The minimum absolute atomic E-state index is 0.168. The van der Waals surface area contributed by atoms with Gasteiger partial charge < -0.3 is 15.4 Å². The first-order valence-corrected chi connectivity index (χ1v) is 15.2. The fourth-order valence-corrected chi connectivity index (χ4v) is 7.14. The molecule has 13 heteroatoms. The number of ether oxygens (including phenoxy) is 1. The van der Waals surface area contributed by atoms with Crippen molar-refractivity contribution in [3.05, 3.63) is 6.20 Å². The molecule has 2 aromatic heterocycles. The first-order chi connectivity index (χ1) is 17.1. The van der Waals surface area contributed by atoms with Gasteiger partial charge in [0.2, 0.25) is 5.95 Å². The lowest BCUT2D eigenvalue weighted by molar-refractivity contribution is -0.00551. The van der Waals surface area contributed by atoms with E-state index in [9.17, 15) is 8.42 Å². The number of methoxy groups -OCH3 is 1. The Morgan fingerprint density at radius 1 is 1.19 bits per heavy atom. The zero-order chi connectivity index (χ0) is 25.9. The Bertz CT molecular complexity index is 1120. The van der Waals surface area contributed by atoms with Gasteiger partial charge in [0.25, 0.3) is 10.2 Å². The van der Waals surface area contributed by atoms with Crippen molar-refractivity contribution < 1.29 is 13.2 Å². The summed E-state index contributed by atoms with van der Waals surface area (Å²) in [5, 5.41) is 12.4. The van der Waals surface area contributed by atoms with Crippen molar-refractivity contribution in [2.24, 2.45) is 5.92 Å². The minimum Gasteiger partial charge on any atom is -0.376 e. The summed E-state index contributed by atoms with van der Waals surface area (Å²) >= 11 is 1.97. The second-order valence-corrected chi connectivity index (χ2v) is 13.5. The van der Waals surface area contributed by atoms with Gasteiger partial charge >= 0.3 is 0 Å². The number of rotatable bonds is 10. The molecule has 0 spiro atoms. The molecule has 2 N–H and O–H groups in total. The van der Waals surface area contributed by atoms with Crippen LogP contribution in [0.5, 0.6) is 0 Å². The summed E-state index contributed by atoms with van der Waals surface area (Å²) < 4.78 is 35.5. The van der Waals surface area contributed by atoms with Gasteiger partial charge in [-0.15, -0.1) is 0 Å². The fourth-order valence-electron chi connectivity index (χ4n) is 4.77. The largest absolute Gasteiger partial charge is 0.376 e. The molecule has 2 saturated heterocycles. The van der Waals surface area contributed by atoms with E-state index >= 15 is 0 Å². The molecule has 0 saturated carbocycles. The normalized spacial score (nSPS) is 19.9. The maximum atomic E-state index is 12.4. The van der Waals surface area contributed by atoms with Crippen molar-refractivity contribution in [2.75, 3.05) is 69.5 Å². The quantitative estimate of drug-likeness (QED) is 0.469. The lowest BCUT2D eigenvalue weighted by Crippen LogP contribution is -2.45. The first-order valence-electron chi connectivity index (χ1n) is 12.7. The van der Waals surface area contributed by atoms with Crippen molar-refractivity contribution >= 4 is 44.8 Å². The summed E-state index contributed by atoms with van der Waals surface area (Å²) in [5.74, 6) is 3.86. The third-order valence-electron chi connectivity index (χ3n) is 7.27. The van der Waals surface area contributed by atoms with E-state index in [-0.39, 0.29) is 11.6 Å². The number of fused-ring (bicyclic) bond motifs is 1. The topological polar surface area (TPSA) is 118 Å². The maximum absolute atomic E-state index is 12.4. The standard InChI is InChI=1S/C23H40N8O3S2/c1-17(2)31-21-19(15-26-31)20(25-16-23(34-5)8-12-35-13-9-23)27-22(28-21)24-14-18-6-10-30(11-7-18)36(32,33)29(3)4/h15,17-18H,6-14,16H2,1-5H3,(H2,24,25,27,28). The van der Waals surface area contributed by atoms with E-state index in [4.69, 9.17) is 14.7 Å². The molecule has 0 amide bonds. The number of hydrogen-bond donors (Lipinski definition) is 2. The van der Waals surface area contributed by atoms with Gasteiger partial charge in [0.15, 0.2) is 5.65 Å². The number of thioether (sulfide) groups is 1. The summed E-state index contributed by atoms with van der Waals surface area (Å²) in [7, 11) is 1.59. The SMILES string of the molecule is COC1(CNc2nc(NCC3CCN(S(=O)(=O)N(C)C)CC3)nc3c2cnn3C(C)C)CCSCC1. The third kappa shape index (κ3) is 5.90. The molecule has 2 aliphatic rings. The van der Waals surface area contributed by atoms with E-state index in [0.717, 1.165) is 54.0 Å². The smallest absolute Gasteiger partial charge is 0.281 e. The zero-order valence-electron chi connectivity index (χ0n) is 22.0. The highest BCUT2D eigenvalue weighted by Gasteiger charge is 2.33. The Morgan fingerprint density at radius 2 is 1.89 bits per heavy atom. The number of anilines is 2. The molecule has 2 aliphatic heterocycles. The molecular weight excluding hydrogens is 500 g/mol. The number of aromatic nitrogens is 4. The number of hydrogen-bond acceptors (Lipinski definition) is 9. The first kappa shape index (κ1) is 27.4. The maximum Gasteiger partial charge on any atom is 0.281 e. The molecule has 0 unspecified atom stereocenters. The molecule has 202 valence electrons. The Hall–Kier alpha value is -1.67. The van der Waals surface area contributed by atoms with E-state index in [1.165, 1.54) is 4.31 Å². The van der Waals surface area contributed by atoms with Crippen molar-refractivity contribution in [2.45, 2.75) is 51.2 Å². The van der Waals surface area contributed by atoms with Gasteiger partial charge in [-0.3, -0.25) is 0 Å². The lowest BCUT2D eigenvalue weighted by atomic mass is 9.96. The van der Waals surface area contributed by atoms with Crippen molar-refractivity contribution in [3.8, 4) is 0 Å². The van der Waals surface area contributed by atoms with E-state index in [1.807, 2.05) is 22.6 Å². The number of nitrogens with one attached hydrogen (secondary N) is 2. The third-order valence-corrected chi connectivity index (χ3v) is 10.2. The monoisotopic (exact) mass is 540 g/mol. The molecule has 36 heavy (non-hydrogen) atoms. The average Bonchev–Trinajstić information content (AvgIpc) is 3.31. The van der Waals surface area contributed by atoms with Crippen LogP contribution in [0.25, 0.3) is 11.0 Å². The summed E-state index contributed by atoms with van der Waals surface area (Å²) in [6, 6.07) is 0.168. The molecule has 2 aromatic rings. The number of nitrogens with zero attached hydrogens (tertiary/aromatic N) is 6. The molecule has 2 fully saturated rings. The van der Waals surface area contributed by atoms with Crippen LogP contribution >= 0.6 is 11.8 Å². The lowest BCUT2D eigenvalue weighted by Gasteiger charge is -2.36. The Kier molecular flexibility index (Phi) is 8.65. The molecule has 0 atom stereocenters. The molecule has 0 bridgehead atoms. The van der Waals surface area contributed by atoms with Gasteiger partial charge in [-0.25, -0.2) is 4.68 Å². The van der Waals surface area contributed by atoms with Gasteiger partial charge in [0, 0.05) is 53.4 Å². The second-order valence-electron chi connectivity index (χ2n) is 10.2. The van der Waals surface area contributed by atoms with Crippen LogP contribution in [0, 0.1) is 5.92 Å². The number of piperidine rings is 1. The van der Waals surface area contributed by atoms with E-state index in [1.54, 1.807) is 25.5 Å². The van der Waals surface area contributed by atoms with Crippen LogP contribution < -0.4 is 10.6 Å². The predicted molar refractivity (Wildman–Crippen MR) is 146 cm³/mol. The molecular formula is C23H40N8O3S2. The summed E-state index contributed by atoms with van der Waals surface area (Å²) in [5.41, 5.74) is 0.605. The van der Waals surface area contributed by atoms with Crippen LogP contribution in [0.4, 0.5) is 11.8 Å². The highest BCUT2D eigenvalue weighted by Crippen LogP contribution is 2.32. The van der Waals surface area contributed by atoms with Gasteiger partial charge in [-0.1, -0.05) is 0 Å². The van der Waals surface area contributed by atoms with E-state index < -0.39 is 10.2 Å². The summed E-state index contributed by atoms with van der Waals surface area (Å²) in [6.45, 7) is 6.60. The fraction of sp³-hybridized carbons (Fsp3) is 0.783. The van der Waals surface area contributed by atoms with Crippen LogP contribution in [0.1, 0.15) is 45.6 Å². The molecule has 4 heterocycles. The Labute approximate surface area is 218 Å². The minimum atomic E-state index is -3.36. The second kappa shape index (κ2) is 11.4. The van der Waals surface area contributed by atoms with E-state index in [0.29, 0.717) is 38.0 Å². The highest BCUT2D eigenvalue weighted by molar-refractivity contribution is 7.99. The van der Waals surface area contributed by atoms with E-state index in [2.05, 4.69) is 29.6 Å². The Morgan fingerprint density at radius 3 is 2.50 bits per heavy atom. The summed E-state index contributed by atoms with van der Waals surface area (Å²) in [4.78, 5) is 9.63. The van der Waals surface area contributed by atoms with Gasteiger partial charge in [0.05, 0.1) is 17.2 Å². The zero-order valence-corrected chi connectivity index (χ0v) is 23.7. The van der Waals surface area contributed by atoms with Gasteiger partial charge in [-0.2, -0.15) is 43.9 Å². The average molecular weight is 541 g/mol. The summed E-state index contributed by atoms with van der Waals surface area (Å²) in [6.07, 6.45) is 5.44. The van der Waals surface area contributed by atoms with Crippen LogP contribution in [0.15, 0.2) is 6.20 Å². The molecule has 0 aliphatic carbocycles. The molecule has 0 radical (unpaired) electrons. The van der Waals surface area contributed by atoms with Crippen LogP contribution in [-0.4, -0.2) is 101 Å². The van der Waals surface area contributed by atoms with Gasteiger partial charge in [0.1, 0.15) is 5.82 Å². The molecule has 4 rings (SSSR count). The van der Waals surface area contributed by atoms with Crippen LogP contribution in [-0.2, 0) is 14.9 Å². The highest BCUT2D eigenvalue weighted by atomic mass is 32.2. The molecule has 11 nitrogen and oxygen atoms in total. The van der Waals surface area contributed by atoms with Gasteiger partial charge in [-0.05, 0) is 57.0 Å². The van der Waals surface area contributed by atoms with Crippen molar-refractivity contribution in [3.63, 3.8) is 0 Å². The van der Waals surface area contributed by atoms with Crippen LogP contribution in [0.3, 0.4) is 0 Å². The Balaban J connectivity index is 1.47. The van der Waals surface area contributed by atoms with Crippen LogP contribution in [0.2, 0.25) is 0 Å². The predicted octanol–water partition coefficient (Wildman–Crippen LogP) is 2.66. The van der Waals surface area contributed by atoms with Crippen molar-refractivity contribution in [1.29, 1.82) is 0 Å². The van der Waals surface area contributed by atoms with Crippen molar-refractivity contribution in [1.82, 2.24) is 28.4 Å². The molecule has 0 aromatic carbocycles.